The Morgan fingerprint density at radius 2 is 1.25 bits per heavy atom. The standard InChI is InChI=1S/C68H106ClF3IN11O11/c1-12-14-23-51-60(89)75-58(42(3)13-2)64(93)79(7)40-56(87)77(5)41-57(88)82(10)53(38-45-25-29-47(73)30-26-45)63(92)78(6)39-54(85)74-50(32-28-44-27-31-48(49(69)37-44)68(70,71)72)62(91)84-35-20-24-52(84)61(90)76-67(33-18-19-34-67)66(95)83(11)59(46-21-16-15-17-22-46)65(94)80(8)43(4)36-55(86)81(51)9/h1,42-53,58-59H,13-41H2,2-11H3,(H,74,85)(H,75,89)(H,76,90)/t42-,43+,44?,45?,47?,48?,49?,50-,51-,52-,53-,58-,59-/m0/s1. The summed E-state index contributed by atoms with van der Waals surface area (Å²) in [5, 5.41) is 7.59. The van der Waals surface area contributed by atoms with E-state index in [-0.39, 0.29) is 101 Å². The number of rotatable bonds is 10. The van der Waals surface area contributed by atoms with Gasteiger partial charge in [-0.2, -0.15) is 13.2 Å². The van der Waals surface area contributed by atoms with Crippen LogP contribution in [0.5, 0.6) is 0 Å². The Morgan fingerprint density at radius 3 is 1.86 bits per heavy atom. The molecule has 4 saturated carbocycles. The third kappa shape index (κ3) is 20.3. The molecule has 0 aromatic carbocycles. The first-order chi connectivity index (χ1) is 44.7. The van der Waals surface area contributed by atoms with E-state index in [1.165, 1.54) is 64.6 Å². The average Bonchev–Trinajstić information content (AvgIpc) is 1.74. The quantitative estimate of drug-likeness (QED) is 0.125. The van der Waals surface area contributed by atoms with Crippen molar-refractivity contribution in [2.24, 2.45) is 29.6 Å². The fraction of sp³-hybridized carbons (Fsp3) is 0.809. The van der Waals surface area contributed by atoms with Crippen molar-refractivity contribution in [1.82, 2.24) is 55.1 Å². The van der Waals surface area contributed by atoms with Gasteiger partial charge in [0.05, 0.1) is 25.6 Å². The smallest absolute Gasteiger partial charge is 0.343 e. The molecule has 11 amide bonds. The Kier molecular flexibility index (Phi) is 29.2. The van der Waals surface area contributed by atoms with Crippen molar-refractivity contribution in [3.8, 4) is 12.3 Å². The molecule has 534 valence electrons. The summed E-state index contributed by atoms with van der Waals surface area (Å²) in [4.78, 5) is 172. The molecule has 3 unspecified atom stereocenters. The van der Waals surface area contributed by atoms with Gasteiger partial charge in [-0.05, 0) is 140 Å². The lowest BCUT2D eigenvalue weighted by molar-refractivity contribution is -0.182. The molecule has 2 aliphatic heterocycles. The minimum absolute atomic E-state index is 0.0129. The van der Waals surface area contributed by atoms with Gasteiger partial charge >= 0.3 is 6.18 Å². The van der Waals surface area contributed by atoms with Crippen LogP contribution in [-0.4, -0.2) is 243 Å². The van der Waals surface area contributed by atoms with E-state index in [4.69, 9.17) is 18.0 Å². The van der Waals surface area contributed by atoms with Crippen LogP contribution in [0.3, 0.4) is 0 Å². The van der Waals surface area contributed by atoms with Gasteiger partial charge in [0.25, 0.3) is 0 Å². The highest BCUT2D eigenvalue weighted by atomic mass is 127. The van der Waals surface area contributed by atoms with Crippen molar-refractivity contribution >= 4 is 99.2 Å². The fourth-order valence-electron chi connectivity index (χ4n) is 15.2. The number of likely N-dealkylation sites (N-methyl/N-ethyl adjacent to an activating group) is 7. The highest BCUT2D eigenvalue weighted by Crippen LogP contribution is 2.44. The molecule has 95 heavy (non-hydrogen) atoms. The Labute approximate surface area is 579 Å². The van der Waals surface area contributed by atoms with Crippen molar-refractivity contribution < 1.29 is 65.9 Å². The molecule has 6 rings (SSSR count). The van der Waals surface area contributed by atoms with Crippen molar-refractivity contribution in [3.63, 3.8) is 0 Å². The Balaban J connectivity index is 1.37. The van der Waals surface area contributed by atoms with Gasteiger partial charge in [0.1, 0.15) is 41.8 Å². The topological polar surface area (TPSA) is 250 Å². The van der Waals surface area contributed by atoms with E-state index in [9.17, 15) is 46.7 Å². The Morgan fingerprint density at radius 1 is 0.642 bits per heavy atom. The fourth-order valence-corrected chi connectivity index (χ4v) is 16.4. The molecular weight excluding hydrogens is 1370 g/mol. The van der Waals surface area contributed by atoms with Gasteiger partial charge in [0, 0.05) is 84.1 Å². The molecule has 27 heteroatoms. The number of halogens is 5. The summed E-state index contributed by atoms with van der Waals surface area (Å²) in [5.74, 6) is -6.76. The van der Waals surface area contributed by atoms with E-state index >= 15 is 19.2 Å². The van der Waals surface area contributed by atoms with Crippen molar-refractivity contribution in [3.05, 3.63) is 0 Å². The van der Waals surface area contributed by atoms with Crippen LogP contribution in [0.15, 0.2) is 0 Å². The summed E-state index contributed by atoms with van der Waals surface area (Å²) < 4.78 is 42.3. The van der Waals surface area contributed by atoms with Gasteiger partial charge in [-0.3, -0.25) is 52.7 Å². The molecule has 0 aromatic rings. The minimum Gasteiger partial charge on any atom is -0.343 e. The number of carbonyl (C=O) groups is 11. The summed E-state index contributed by atoms with van der Waals surface area (Å²) in [7, 11) is 10.2. The third-order valence-corrected chi connectivity index (χ3v) is 23.4. The number of alkyl halides is 5. The number of hydrogen-bond donors (Lipinski definition) is 3. The SMILES string of the molecule is C#CCC[C@H]1C(=O)N[C@@H]([C@@H](C)CC)C(=O)N(C)CC(=O)N(C)CC(=O)N(C)[C@@H](CC2CCC(I)CC2)C(=O)N(C)CC(=O)N[C@@H](CCC2CCC(C(F)(F)F)C(Cl)C2)C(=O)N2CCC[C@H]2C(=O)NC2(CCCC2)C(=O)N(C)[C@@H](C2CCCCC2)C(=O)N(C)[C@H](C)CC(=O)N1C. The second kappa shape index (κ2) is 35.4. The molecule has 0 bridgehead atoms. The number of hydrogen-bond acceptors (Lipinski definition) is 11. The Bertz CT molecular complexity index is 2780. The van der Waals surface area contributed by atoms with Crippen molar-refractivity contribution in [2.75, 3.05) is 75.5 Å². The highest BCUT2D eigenvalue weighted by Gasteiger charge is 2.52. The zero-order chi connectivity index (χ0) is 70.4. The third-order valence-electron chi connectivity index (χ3n) is 21.7. The number of nitrogens with zero attached hydrogens (tertiary/aromatic N) is 8. The predicted molar refractivity (Wildman–Crippen MR) is 362 cm³/mol. The van der Waals surface area contributed by atoms with E-state index < -0.39 is 156 Å². The predicted octanol–water partition coefficient (Wildman–Crippen LogP) is 6.27. The van der Waals surface area contributed by atoms with Gasteiger partial charge in [-0.15, -0.1) is 23.9 Å². The normalized spacial score (nSPS) is 31.3. The summed E-state index contributed by atoms with van der Waals surface area (Å²) in [6.45, 7) is 3.79. The molecule has 0 aromatic heterocycles. The van der Waals surface area contributed by atoms with Crippen LogP contribution in [0.4, 0.5) is 13.2 Å². The number of nitrogens with one attached hydrogen (secondary N) is 3. The monoisotopic (exact) mass is 1470 g/mol. The van der Waals surface area contributed by atoms with Crippen LogP contribution in [0.25, 0.3) is 0 Å². The number of fused-ring (bicyclic) bond motifs is 1. The maximum atomic E-state index is 15.4. The Hall–Kier alpha value is -5.46. The summed E-state index contributed by atoms with van der Waals surface area (Å²) in [5.41, 5.74) is -1.48. The van der Waals surface area contributed by atoms with Gasteiger partial charge < -0.3 is 55.1 Å². The second-order valence-corrected chi connectivity index (χ2v) is 30.7. The van der Waals surface area contributed by atoms with E-state index in [2.05, 4.69) is 44.5 Å². The number of carbonyl (C=O) groups excluding carboxylic acids is 11. The molecule has 0 radical (unpaired) electrons. The van der Waals surface area contributed by atoms with E-state index in [0.717, 1.165) is 54.7 Å². The second-order valence-electron chi connectivity index (χ2n) is 28.4. The summed E-state index contributed by atoms with van der Waals surface area (Å²) >= 11 is 8.79. The first-order valence-corrected chi connectivity index (χ1v) is 36.2. The molecule has 2 saturated heterocycles. The van der Waals surface area contributed by atoms with Crippen LogP contribution < -0.4 is 16.0 Å². The van der Waals surface area contributed by atoms with E-state index in [1.807, 2.05) is 6.92 Å². The van der Waals surface area contributed by atoms with Crippen LogP contribution >= 0.6 is 34.2 Å². The molecule has 22 nitrogen and oxygen atoms in total. The van der Waals surface area contributed by atoms with Gasteiger partial charge in [0.15, 0.2) is 0 Å². The largest absolute Gasteiger partial charge is 0.393 e. The lowest BCUT2D eigenvalue weighted by Crippen LogP contribution is -2.65. The maximum absolute atomic E-state index is 15.4. The highest BCUT2D eigenvalue weighted by molar-refractivity contribution is 14.1. The molecule has 3 N–H and O–H groups in total. The van der Waals surface area contributed by atoms with Crippen molar-refractivity contribution in [2.45, 2.75) is 245 Å². The van der Waals surface area contributed by atoms with Crippen LogP contribution in [0.1, 0.15) is 181 Å². The van der Waals surface area contributed by atoms with Gasteiger partial charge in [-0.25, -0.2) is 0 Å². The van der Waals surface area contributed by atoms with Gasteiger partial charge in [0.2, 0.25) is 65.0 Å². The molecule has 1 spiro atoms. The molecule has 6 fully saturated rings. The maximum Gasteiger partial charge on any atom is 0.393 e. The van der Waals surface area contributed by atoms with Crippen LogP contribution in [-0.2, 0) is 52.7 Å². The number of amides is 11. The van der Waals surface area contributed by atoms with E-state index in [0.29, 0.717) is 42.4 Å². The lowest BCUT2D eigenvalue weighted by atomic mass is 9.78. The minimum atomic E-state index is -4.50. The average molecular weight is 1470 g/mol. The molecule has 2 heterocycles. The van der Waals surface area contributed by atoms with E-state index in [1.54, 1.807) is 27.9 Å². The molecular formula is C68H106ClF3IN11O11. The first kappa shape index (κ1) is 78.5. The van der Waals surface area contributed by atoms with Crippen LogP contribution in [0, 0.1) is 41.9 Å². The summed E-state index contributed by atoms with van der Waals surface area (Å²) in [6, 6.07) is -7.64. The van der Waals surface area contributed by atoms with Crippen molar-refractivity contribution in [1.29, 1.82) is 0 Å². The molecule has 6 aliphatic rings. The molecule has 11 atom stereocenters. The molecule has 4 aliphatic carbocycles. The lowest BCUT2D eigenvalue weighted by Gasteiger charge is -2.43. The summed E-state index contributed by atoms with van der Waals surface area (Å²) in [6.07, 6.45) is 11.2. The zero-order valence-corrected chi connectivity index (χ0v) is 60.5. The first-order valence-electron chi connectivity index (χ1n) is 34.5. The van der Waals surface area contributed by atoms with Crippen LogP contribution in [0.2, 0.25) is 0 Å². The van der Waals surface area contributed by atoms with Gasteiger partial charge in [-0.1, -0.05) is 75.0 Å². The number of terminal acetylenes is 1. The zero-order valence-electron chi connectivity index (χ0n) is 57.6.